The molecule has 4 N–H and O–H groups in total. The van der Waals surface area contributed by atoms with Gasteiger partial charge in [0.15, 0.2) is 0 Å². The summed E-state index contributed by atoms with van der Waals surface area (Å²) in [5.41, 5.74) is 8.58. The van der Waals surface area contributed by atoms with Crippen LogP contribution in [0.3, 0.4) is 0 Å². The highest BCUT2D eigenvalue weighted by Crippen LogP contribution is 2.31. The van der Waals surface area contributed by atoms with Gasteiger partial charge in [0.05, 0.1) is 5.69 Å². The Morgan fingerprint density at radius 2 is 2.13 bits per heavy atom. The van der Waals surface area contributed by atoms with Crippen LogP contribution in [0.15, 0.2) is 54.4 Å². The maximum Gasteiger partial charge on any atom is 0.228 e. The van der Waals surface area contributed by atoms with Crippen LogP contribution in [-0.4, -0.2) is 36.9 Å². The molecule has 0 radical (unpaired) electrons. The van der Waals surface area contributed by atoms with E-state index in [9.17, 15) is 9.90 Å². The second-order valence-electron chi connectivity index (χ2n) is 7.14. The minimum atomic E-state index is 0.0107. The number of aromatic nitrogens is 4. The quantitative estimate of drug-likeness (QED) is 0.440. The van der Waals surface area contributed by atoms with Gasteiger partial charge in [0, 0.05) is 53.6 Å². The van der Waals surface area contributed by atoms with Gasteiger partial charge in [-0.3, -0.25) is 9.78 Å². The van der Waals surface area contributed by atoms with Crippen LogP contribution in [0.4, 0.5) is 11.6 Å². The minimum absolute atomic E-state index is 0.0107. The molecule has 0 saturated heterocycles. The largest absolute Gasteiger partial charge is 0.396 e. The molecule has 4 aromatic rings. The van der Waals surface area contributed by atoms with Crippen LogP contribution in [0.5, 0.6) is 0 Å². The van der Waals surface area contributed by atoms with Gasteiger partial charge in [-0.1, -0.05) is 0 Å². The zero-order chi connectivity index (χ0) is 21.6. The lowest BCUT2D eigenvalue weighted by atomic mass is 10.0. The van der Waals surface area contributed by atoms with Gasteiger partial charge in [-0.2, -0.15) is 0 Å². The topological polar surface area (TPSA) is 127 Å². The third kappa shape index (κ3) is 5.19. The average molecular weight is 435 g/mol. The van der Waals surface area contributed by atoms with Crippen molar-refractivity contribution in [3.8, 4) is 11.3 Å². The van der Waals surface area contributed by atoms with E-state index < -0.39 is 0 Å². The molecule has 4 heterocycles. The highest BCUT2D eigenvalue weighted by Gasteiger charge is 2.29. The van der Waals surface area contributed by atoms with Gasteiger partial charge in [-0.25, -0.2) is 14.3 Å². The lowest BCUT2D eigenvalue weighted by molar-refractivity contribution is -0.117. The molecule has 158 valence electrons. The Bertz CT molecular complexity index is 1160. The number of anilines is 2. The van der Waals surface area contributed by atoms with Gasteiger partial charge in [-0.05, 0) is 66.0 Å². The highest BCUT2D eigenvalue weighted by molar-refractivity contribution is 7.03. The van der Waals surface area contributed by atoms with E-state index in [2.05, 4.69) is 24.6 Å². The SMILES string of the molecule is Nc1nc(-c2cnccc2CCO)cc2cc(NC(=O)C3CC3)ncc12.c1cnsc1. The Labute approximate surface area is 183 Å². The third-order valence-corrected chi connectivity index (χ3v) is 5.38. The van der Waals surface area contributed by atoms with Crippen LogP contribution < -0.4 is 11.1 Å². The van der Waals surface area contributed by atoms with Gasteiger partial charge >= 0.3 is 0 Å². The first kappa shape index (κ1) is 20.8. The number of carbonyl (C=O) groups is 1. The summed E-state index contributed by atoms with van der Waals surface area (Å²) in [4.78, 5) is 24.9. The summed E-state index contributed by atoms with van der Waals surface area (Å²) in [6.07, 6.45) is 9.19. The summed E-state index contributed by atoms with van der Waals surface area (Å²) in [6, 6.07) is 7.48. The van der Waals surface area contributed by atoms with Crippen molar-refractivity contribution in [3.05, 3.63) is 60.0 Å². The van der Waals surface area contributed by atoms with Crippen molar-refractivity contribution >= 4 is 39.8 Å². The Kier molecular flexibility index (Phi) is 6.44. The zero-order valence-corrected chi connectivity index (χ0v) is 17.5. The number of amides is 1. The van der Waals surface area contributed by atoms with Crippen molar-refractivity contribution in [2.24, 2.45) is 5.92 Å². The number of fused-ring (bicyclic) bond motifs is 1. The number of hydrogen-bond acceptors (Lipinski definition) is 8. The Hall–Kier alpha value is -3.43. The van der Waals surface area contributed by atoms with Crippen LogP contribution in [-0.2, 0) is 11.2 Å². The number of nitrogens with one attached hydrogen (secondary N) is 1. The second kappa shape index (κ2) is 9.59. The fraction of sp³-hybridized carbons (Fsp3) is 0.227. The van der Waals surface area contributed by atoms with Gasteiger partial charge in [0.25, 0.3) is 0 Å². The predicted octanol–water partition coefficient (Wildman–Crippen LogP) is 3.30. The number of nitrogen functional groups attached to an aromatic ring is 1. The molecule has 9 heteroatoms. The first-order valence-corrected chi connectivity index (χ1v) is 10.7. The van der Waals surface area contributed by atoms with Crippen LogP contribution in [0.2, 0.25) is 0 Å². The van der Waals surface area contributed by atoms with E-state index in [1.54, 1.807) is 30.9 Å². The van der Waals surface area contributed by atoms with E-state index in [1.165, 1.54) is 11.5 Å². The lowest BCUT2D eigenvalue weighted by Gasteiger charge is -2.11. The average Bonchev–Trinajstić information content (AvgIpc) is 3.45. The summed E-state index contributed by atoms with van der Waals surface area (Å²) in [7, 11) is 0. The van der Waals surface area contributed by atoms with E-state index in [-0.39, 0.29) is 18.4 Å². The van der Waals surface area contributed by atoms with Gasteiger partial charge in [-0.15, -0.1) is 0 Å². The summed E-state index contributed by atoms with van der Waals surface area (Å²) in [5.74, 6) is 0.996. The van der Waals surface area contributed by atoms with Crippen molar-refractivity contribution in [2.45, 2.75) is 19.3 Å². The molecule has 1 aliphatic carbocycles. The van der Waals surface area contributed by atoms with E-state index in [0.717, 1.165) is 34.7 Å². The van der Waals surface area contributed by atoms with Crippen molar-refractivity contribution in [2.75, 3.05) is 17.7 Å². The maximum atomic E-state index is 12.0. The van der Waals surface area contributed by atoms with E-state index in [0.29, 0.717) is 23.8 Å². The number of nitrogens with two attached hydrogens (primary N) is 1. The first-order chi connectivity index (χ1) is 15.2. The van der Waals surface area contributed by atoms with Crippen LogP contribution in [0, 0.1) is 5.92 Å². The molecule has 31 heavy (non-hydrogen) atoms. The molecule has 0 atom stereocenters. The standard InChI is InChI=1S/C19H19N5O2.C3H3NS/c20-18-15-10-22-17(24-19(26)12-1-2-12)8-13(15)7-16(23-18)14-9-21-5-3-11(14)4-6-25;1-2-4-5-3-1/h3,5,7-10,12,25H,1-2,4,6H2,(H2,20,23)(H,22,24,26);1-3H. The Morgan fingerprint density at radius 3 is 2.81 bits per heavy atom. The van der Waals surface area contributed by atoms with Crippen molar-refractivity contribution in [3.63, 3.8) is 0 Å². The molecule has 0 aromatic carbocycles. The molecule has 0 unspecified atom stereocenters. The molecule has 4 aromatic heterocycles. The molecular weight excluding hydrogens is 412 g/mol. The molecule has 1 fully saturated rings. The number of carbonyl (C=O) groups excluding carboxylic acids is 1. The van der Waals surface area contributed by atoms with E-state index >= 15 is 0 Å². The molecular formula is C22H22N6O2S. The van der Waals surface area contributed by atoms with Gasteiger partial charge in [0.1, 0.15) is 11.6 Å². The zero-order valence-electron chi connectivity index (χ0n) is 16.7. The molecule has 5 rings (SSSR count). The summed E-state index contributed by atoms with van der Waals surface area (Å²) in [5, 5.41) is 15.6. The number of nitrogens with zero attached hydrogens (tertiary/aromatic N) is 4. The van der Waals surface area contributed by atoms with E-state index in [4.69, 9.17) is 5.73 Å². The Balaban J connectivity index is 0.000000407. The van der Waals surface area contributed by atoms with Crippen LogP contribution in [0.25, 0.3) is 22.0 Å². The molecule has 0 aliphatic heterocycles. The van der Waals surface area contributed by atoms with E-state index in [1.807, 2.05) is 23.6 Å². The maximum absolute atomic E-state index is 12.0. The number of hydrogen-bond donors (Lipinski definition) is 3. The molecule has 0 bridgehead atoms. The molecule has 1 aliphatic rings. The number of aliphatic hydroxyl groups excluding tert-OH is 1. The predicted molar refractivity (Wildman–Crippen MR) is 121 cm³/mol. The molecule has 0 spiro atoms. The van der Waals surface area contributed by atoms with Crippen LogP contribution >= 0.6 is 11.5 Å². The fourth-order valence-corrected chi connectivity index (χ4v) is 3.47. The first-order valence-electron chi connectivity index (χ1n) is 9.91. The van der Waals surface area contributed by atoms with Gasteiger partial charge < -0.3 is 16.2 Å². The lowest BCUT2D eigenvalue weighted by Crippen LogP contribution is -2.14. The highest BCUT2D eigenvalue weighted by atomic mass is 32.1. The fourth-order valence-electron chi connectivity index (χ4n) is 3.12. The molecule has 1 amide bonds. The monoisotopic (exact) mass is 434 g/mol. The molecule has 8 nitrogen and oxygen atoms in total. The summed E-state index contributed by atoms with van der Waals surface area (Å²) >= 11 is 1.46. The number of pyridine rings is 3. The second-order valence-corrected chi connectivity index (χ2v) is 7.84. The number of rotatable bonds is 5. The third-order valence-electron chi connectivity index (χ3n) is 4.86. The summed E-state index contributed by atoms with van der Waals surface area (Å²) in [6.45, 7) is 0.0430. The Morgan fingerprint density at radius 1 is 1.26 bits per heavy atom. The summed E-state index contributed by atoms with van der Waals surface area (Å²) < 4.78 is 3.76. The smallest absolute Gasteiger partial charge is 0.228 e. The minimum Gasteiger partial charge on any atom is -0.396 e. The van der Waals surface area contributed by atoms with Crippen molar-refractivity contribution in [1.82, 2.24) is 19.3 Å². The van der Waals surface area contributed by atoms with Crippen LogP contribution in [0.1, 0.15) is 18.4 Å². The van der Waals surface area contributed by atoms with Crippen molar-refractivity contribution in [1.29, 1.82) is 0 Å². The van der Waals surface area contributed by atoms with Crippen molar-refractivity contribution < 1.29 is 9.90 Å². The van der Waals surface area contributed by atoms with Gasteiger partial charge in [0.2, 0.25) is 5.91 Å². The normalized spacial score (nSPS) is 12.8. The number of aliphatic hydroxyl groups is 1. The molecule has 1 saturated carbocycles.